The number of amides is 1. The van der Waals surface area contributed by atoms with E-state index in [2.05, 4.69) is 11.8 Å². The van der Waals surface area contributed by atoms with Crippen LogP contribution in [0.25, 0.3) is 5.76 Å². The lowest BCUT2D eigenvalue weighted by Gasteiger charge is -2.30. The van der Waals surface area contributed by atoms with Crippen LogP contribution >= 0.6 is 0 Å². The van der Waals surface area contributed by atoms with Crippen molar-refractivity contribution in [3.63, 3.8) is 0 Å². The second-order valence-electron chi connectivity index (χ2n) is 8.19. The van der Waals surface area contributed by atoms with E-state index in [1.165, 1.54) is 11.2 Å². The van der Waals surface area contributed by atoms with Crippen molar-refractivity contribution >= 4 is 17.4 Å². The maximum Gasteiger partial charge on any atom is 0.295 e. The average Bonchev–Trinajstić information content (AvgIpc) is 3.45. The molecule has 3 heterocycles. The van der Waals surface area contributed by atoms with Gasteiger partial charge in [-0.25, -0.2) is 0 Å². The van der Waals surface area contributed by atoms with E-state index in [9.17, 15) is 14.7 Å². The lowest BCUT2D eigenvalue weighted by molar-refractivity contribution is -0.140. The van der Waals surface area contributed by atoms with Crippen LogP contribution in [0.5, 0.6) is 5.75 Å². The molecule has 0 aliphatic carbocycles. The molecule has 0 bridgehead atoms. The van der Waals surface area contributed by atoms with E-state index in [0.29, 0.717) is 50.0 Å². The van der Waals surface area contributed by atoms with Crippen LogP contribution in [0, 0.1) is 0 Å². The summed E-state index contributed by atoms with van der Waals surface area (Å²) in [5.74, 6) is -0.545. The molecule has 1 aromatic carbocycles. The monoisotopic (exact) mass is 454 g/mol. The van der Waals surface area contributed by atoms with Gasteiger partial charge < -0.3 is 23.9 Å². The summed E-state index contributed by atoms with van der Waals surface area (Å²) in [6, 6.07) is 9.58. The molecule has 2 aliphatic heterocycles. The number of likely N-dealkylation sites (tertiary alicyclic amines) is 1. The Balaban J connectivity index is 1.64. The summed E-state index contributed by atoms with van der Waals surface area (Å²) in [6.07, 6.45) is 3.43. The number of rotatable bonds is 9. The molecule has 4 rings (SSSR count). The zero-order valence-corrected chi connectivity index (χ0v) is 18.9. The molecule has 8 nitrogen and oxygen atoms in total. The van der Waals surface area contributed by atoms with E-state index in [0.717, 1.165) is 25.9 Å². The van der Waals surface area contributed by atoms with Crippen molar-refractivity contribution in [1.82, 2.24) is 9.80 Å². The van der Waals surface area contributed by atoms with Crippen LogP contribution in [0.2, 0.25) is 0 Å². The second-order valence-corrected chi connectivity index (χ2v) is 8.19. The molecule has 0 spiro atoms. The molecule has 1 N–H and O–H groups in total. The van der Waals surface area contributed by atoms with Crippen LogP contribution < -0.4 is 4.74 Å². The van der Waals surface area contributed by atoms with Gasteiger partial charge in [0.2, 0.25) is 0 Å². The fraction of sp³-hybridized carbons (Fsp3) is 0.440. The van der Waals surface area contributed by atoms with E-state index in [1.54, 1.807) is 36.4 Å². The Hall–Kier alpha value is -3.10. The van der Waals surface area contributed by atoms with Crippen molar-refractivity contribution in [2.45, 2.75) is 25.8 Å². The van der Waals surface area contributed by atoms with E-state index >= 15 is 0 Å². The Kier molecular flexibility index (Phi) is 7.47. The first-order valence-corrected chi connectivity index (χ1v) is 11.4. The minimum absolute atomic E-state index is 0.0302. The van der Waals surface area contributed by atoms with Gasteiger partial charge in [0.05, 0.1) is 31.7 Å². The molecule has 2 fully saturated rings. The second kappa shape index (κ2) is 10.7. The molecule has 176 valence electrons. The molecule has 2 aliphatic rings. The summed E-state index contributed by atoms with van der Waals surface area (Å²) in [5.41, 5.74) is 0.453. The molecule has 33 heavy (non-hydrogen) atoms. The number of benzene rings is 1. The molecule has 1 atom stereocenters. The molecule has 2 saturated heterocycles. The predicted octanol–water partition coefficient (Wildman–Crippen LogP) is 3.21. The molecule has 2 aromatic rings. The summed E-state index contributed by atoms with van der Waals surface area (Å²) in [4.78, 5) is 29.7. The average molecular weight is 455 g/mol. The van der Waals surface area contributed by atoms with Gasteiger partial charge in [0.15, 0.2) is 0 Å². The number of aliphatic hydroxyl groups excluding tert-OH is 1. The third-order valence-corrected chi connectivity index (χ3v) is 5.99. The molecule has 0 radical (unpaired) electrons. The molecular weight excluding hydrogens is 424 g/mol. The number of carbonyl (C=O) groups excluding carboxylic acids is 2. The number of morpholine rings is 1. The Morgan fingerprint density at radius 2 is 1.97 bits per heavy atom. The van der Waals surface area contributed by atoms with Crippen LogP contribution in [0.3, 0.4) is 0 Å². The number of hydrogen-bond donors (Lipinski definition) is 1. The number of ketones is 1. The fourth-order valence-corrected chi connectivity index (χ4v) is 4.15. The molecular formula is C25H30N2O6. The minimum atomic E-state index is -0.786. The summed E-state index contributed by atoms with van der Waals surface area (Å²) in [5, 5.41) is 11.2. The standard InChI is InChI=1S/C25H30N2O6/c1-2-3-13-32-19-7-4-6-18(17-19)23(28)21-22(20-8-5-14-33-20)27(25(30)24(21)29)10-9-26-11-15-31-16-12-26/h4-8,14,17,22,28H,2-3,9-13,15-16H2,1H3/b23-21+. The van der Waals surface area contributed by atoms with Gasteiger partial charge in [-0.2, -0.15) is 0 Å². The van der Waals surface area contributed by atoms with Crippen molar-refractivity contribution in [3.05, 3.63) is 59.6 Å². The summed E-state index contributed by atoms with van der Waals surface area (Å²) in [7, 11) is 0. The predicted molar refractivity (Wildman–Crippen MR) is 122 cm³/mol. The highest BCUT2D eigenvalue weighted by molar-refractivity contribution is 6.46. The number of nitrogens with zero attached hydrogens (tertiary/aromatic N) is 2. The molecule has 0 saturated carbocycles. The van der Waals surface area contributed by atoms with Gasteiger partial charge in [-0.05, 0) is 30.7 Å². The lowest BCUT2D eigenvalue weighted by atomic mass is 9.99. The highest BCUT2D eigenvalue weighted by Gasteiger charge is 2.47. The van der Waals surface area contributed by atoms with Crippen molar-refractivity contribution in [2.75, 3.05) is 46.0 Å². The highest BCUT2D eigenvalue weighted by atomic mass is 16.5. The zero-order valence-electron chi connectivity index (χ0n) is 18.9. The number of furan rings is 1. The number of unbranched alkanes of at least 4 members (excludes halogenated alkanes) is 1. The smallest absolute Gasteiger partial charge is 0.295 e. The van der Waals surface area contributed by atoms with Gasteiger partial charge >= 0.3 is 0 Å². The van der Waals surface area contributed by atoms with Crippen molar-refractivity contribution in [2.24, 2.45) is 0 Å². The number of carbonyl (C=O) groups is 2. The zero-order chi connectivity index (χ0) is 23.2. The third kappa shape index (κ3) is 5.12. The fourth-order valence-electron chi connectivity index (χ4n) is 4.15. The topological polar surface area (TPSA) is 92.5 Å². The van der Waals surface area contributed by atoms with Crippen LogP contribution in [0.1, 0.15) is 37.1 Å². The maximum atomic E-state index is 13.1. The van der Waals surface area contributed by atoms with Crippen molar-refractivity contribution in [1.29, 1.82) is 0 Å². The summed E-state index contributed by atoms with van der Waals surface area (Å²) >= 11 is 0. The first kappa shape index (κ1) is 23.1. The Morgan fingerprint density at radius 3 is 2.70 bits per heavy atom. The molecule has 8 heteroatoms. The van der Waals surface area contributed by atoms with E-state index in [4.69, 9.17) is 13.9 Å². The van der Waals surface area contributed by atoms with Gasteiger partial charge in [0.1, 0.15) is 23.3 Å². The van der Waals surface area contributed by atoms with Crippen LogP contribution in [0.15, 0.2) is 52.7 Å². The highest BCUT2D eigenvalue weighted by Crippen LogP contribution is 2.39. The van der Waals surface area contributed by atoms with Crippen LogP contribution in [0.4, 0.5) is 0 Å². The third-order valence-electron chi connectivity index (χ3n) is 5.99. The van der Waals surface area contributed by atoms with Crippen LogP contribution in [-0.4, -0.2) is 72.6 Å². The van der Waals surface area contributed by atoms with Crippen LogP contribution in [-0.2, 0) is 14.3 Å². The minimum Gasteiger partial charge on any atom is -0.507 e. The number of ether oxygens (including phenoxy) is 2. The quantitative estimate of drug-likeness (QED) is 0.269. The van der Waals surface area contributed by atoms with E-state index in [1.807, 2.05) is 0 Å². The lowest BCUT2D eigenvalue weighted by Crippen LogP contribution is -2.42. The maximum absolute atomic E-state index is 13.1. The molecule has 1 unspecified atom stereocenters. The SMILES string of the molecule is CCCCOc1cccc(/C(O)=C2\C(=O)C(=O)N(CCN3CCOCC3)C2c2ccco2)c1. The molecule has 1 amide bonds. The Morgan fingerprint density at radius 1 is 1.15 bits per heavy atom. The Bertz CT molecular complexity index is 994. The van der Waals surface area contributed by atoms with Gasteiger partial charge in [-0.3, -0.25) is 14.5 Å². The van der Waals surface area contributed by atoms with Crippen molar-refractivity contribution < 1.29 is 28.6 Å². The van der Waals surface area contributed by atoms with Gasteiger partial charge in [-0.1, -0.05) is 25.5 Å². The molecule has 1 aromatic heterocycles. The number of hydrogen-bond acceptors (Lipinski definition) is 7. The largest absolute Gasteiger partial charge is 0.507 e. The van der Waals surface area contributed by atoms with Crippen molar-refractivity contribution in [3.8, 4) is 5.75 Å². The van der Waals surface area contributed by atoms with E-state index in [-0.39, 0.29) is 11.3 Å². The first-order valence-electron chi connectivity index (χ1n) is 11.4. The number of aliphatic hydroxyl groups is 1. The number of Topliss-reactive ketones (excluding diaryl/α,β-unsaturated/α-hetero) is 1. The Labute approximate surface area is 193 Å². The summed E-state index contributed by atoms with van der Waals surface area (Å²) < 4.78 is 16.7. The van der Waals surface area contributed by atoms with Gasteiger partial charge in [0, 0.05) is 31.7 Å². The van der Waals surface area contributed by atoms with Gasteiger partial charge in [-0.15, -0.1) is 0 Å². The normalized spacial score (nSPS) is 21.0. The summed E-state index contributed by atoms with van der Waals surface area (Å²) in [6.45, 7) is 6.45. The van der Waals surface area contributed by atoms with E-state index < -0.39 is 17.7 Å². The first-order chi connectivity index (χ1) is 16.1. The van der Waals surface area contributed by atoms with Gasteiger partial charge in [0.25, 0.3) is 11.7 Å².